The number of nitrogens with two attached hydrogens (primary N) is 1. The van der Waals surface area contributed by atoms with Crippen molar-refractivity contribution in [3.63, 3.8) is 0 Å². The molecule has 0 aromatic heterocycles. The average Bonchev–Trinajstić information content (AvgIpc) is 2.46. The second-order valence-corrected chi connectivity index (χ2v) is 4.93. The smallest absolute Gasteiger partial charge is 0.337 e. The van der Waals surface area contributed by atoms with Crippen molar-refractivity contribution in [1.82, 2.24) is 0 Å². The third-order valence-corrected chi connectivity index (χ3v) is 3.31. The Labute approximate surface area is 122 Å². The summed E-state index contributed by atoms with van der Waals surface area (Å²) in [7, 11) is 0. The lowest BCUT2D eigenvalue weighted by molar-refractivity contribution is -0.117. The Morgan fingerprint density at radius 3 is 2.43 bits per heavy atom. The summed E-state index contributed by atoms with van der Waals surface area (Å²) in [6.45, 7) is 1.94. The third kappa shape index (κ3) is 3.38. The molecule has 0 fully saturated rings. The summed E-state index contributed by atoms with van der Waals surface area (Å²) in [5.41, 5.74) is 6.09. The molecule has 4 N–H and O–H groups in total. The first-order valence-electron chi connectivity index (χ1n) is 6.85. The molecule has 2 rings (SSSR count). The first-order chi connectivity index (χ1) is 10.0. The standard InChI is InChI=1S/C16H18N2O3/c1-2-5-13(17)15(19)18-14-9-11-7-4-3-6-10(11)8-12(14)16(20)21/h3-4,6-9,13H,2,5,17H2,1H3,(H,18,19)(H,20,21)/t13-/m0/s1. The Morgan fingerprint density at radius 2 is 1.86 bits per heavy atom. The summed E-state index contributed by atoms with van der Waals surface area (Å²) in [5.74, 6) is -1.45. The van der Waals surface area contributed by atoms with Crippen LogP contribution in [0.25, 0.3) is 10.8 Å². The van der Waals surface area contributed by atoms with Crippen molar-refractivity contribution in [2.75, 3.05) is 5.32 Å². The number of carbonyl (C=O) groups is 2. The summed E-state index contributed by atoms with van der Waals surface area (Å²) in [6, 6.07) is 9.97. The van der Waals surface area contributed by atoms with E-state index in [0.29, 0.717) is 6.42 Å². The Balaban J connectivity index is 2.39. The highest BCUT2D eigenvalue weighted by Crippen LogP contribution is 2.24. The van der Waals surface area contributed by atoms with E-state index in [1.54, 1.807) is 12.1 Å². The highest BCUT2D eigenvalue weighted by Gasteiger charge is 2.17. The fourth-order valence-corrected chi connectivity index (χ4v) is 2.19. The topological polar surface area (TPSA) is 92.4 Å². The average molecular weight is 286 g/mol. The monoisotopic (exact) mass is 286 g/mol. The van der Waals surface area contributed by atoms with E-state index in [2.05, 4.69) is 5.32 Å². The minimum absolute atomic E-state index is 0.0609. The van der Waals surface area contributed by atoms with E-state index in [1.165, 1.54) is 0 Å². The molecule has 110 valence electrons. The van der Waals surface area contributed by atoms with Crippen LogP contribution in [0.15, 0.2) is 36.4 Å². The van der Waals surface area contributed by atoms with Crippen LogP contribution < -0.4 is 11.1 Å². The second kappa shape index (κ2) is 6.37. The lowest BCUT2D eigenvalue weighted by atomic mass is 10.0. The number of amides is 1. The molecular weight excluding hydrogens is 268 g/mol. The van der Waals surface area contributed by atoms with E-state index in [1.807, 2.05) is 31.2 Å². The van der Waals surface area contributed by atoms with Crippen LogP contribution in [-0.4, -0.2) is 23.0 Å². The van der Waals surface area contributed by atoms with Crippen LogP contribution in [0.1, 0.15) is 30.1 Å². The Bertz CT molecular complexity index is 682. The van der Waals surface area contributed by atoms with Crippen molar-refractivity contribution in [2.45, 2.75) is 25.8 Å². The molecule has 0 heterocycles. The molecule has 0 saturated heterocycles. The van der Waals surface area contributed by atoms with Gasteiger partial charge in [0.15, 0.2) is 0 Å². The van der Waals surface area contributed by atoms with E-state index in [9.17, 15) is 14.7 Å². The quantitative estimate of drug-likeness (QED) is 0.787. The van der Waals surface area contributed by atoms with Crippen molar-refractivity contribution in [3.05, 3.63) is 42.0 Å². The van der Waals surface area contributed by atoms with Crippen LogP contribution in [0.2, 0.25) is 0 Å². The van der Waals surface area contributed by atoms with Crippen molar-refractivity contribution < 1.29 is 14.7 Å². The molecule has 0 aliphatic heterocycles. The van der Waals surface area contributed by atoms with E-state index in [4.69, 9.17) is 5.73 Å². The largest absolute Gasteiger partial charge is 0.478 e. The molecule has 0 spiro atoms. The maximum absolute atomic E-state index is 12.0. The molecule has 0 saturated carbocycles. The summed E-state index contributed by atoms with van der Waals surface area (Å²) in [5, 5.41) is 13.6. The van der Waals surface area contributed by atoms with Gasteiger partial charge in [0.2, 0.25) is 5.91 Å². The van der Waals surface area contributed by atoms with Crippen molar-refractivity contribution >= 4 is 28.3 Å². The van der Waals surface area contributed by atoms with Crippen LogP contribution in [0.5, 0.6) is 0 Å². The Hall–Kier alpha value is -2.40. The molecule has 0 radical (unpaired) electrons. The van der Waals surface area contributed by atoms with Gasteiger partial charge in [-0.05, 0) is 29.3 Å². The van der Waals surface area contributed by atoms with Gasteiger partial charge in [-0.1, -0.05) is 37.6 Å². The minimum Gasteiger partial charge on any atom is -0.478 e. The molecule has 0 unspecified atom stereocenters. The predicted octanol–water partition coefficient (Wildman–Crippen LogP) is 2.60. The predicted molar refractivity (Wildman–Crippen MR) is 82.4 cm³/mol. The van der Waals surface area contributed by atoms with Crippen LogP contribution in [-0.2, 0) is 4.79 Å². The van der Waals surface area contributed by atoms with Crippen LogP contribution in [0.3, 0.4) is 0 Å². The lowest BCUT2D eigenvalue weighted by Crippen LogP contribution is -2.35. The second-order valence-electron chi connectivity index (χ2n) is 4.93. The van der Waals surface area contributed by atoms with Gasteiger partial charge in [0.05, 0.1) is 17.3 Å². The Kier molecular flexibility index (Phi) is 4.55. The number of anilines is 1. The van der Waals surface area contributed by atoms with Crippen molar-refractivity contribution in [3.8, 4) is 0 Å². The van der Waals surface area contributed by atoms with Crippen LogP contribution in [0.4, 0.5) is 5.69 Å². The van der Waals surface area contributed by atoms with E-state index in [0.717, 1.165) is 17.2 Å². The number of carbonyl (C=O) groups excluding carboxylic acids is 1. The fraction of sp³-hybridized carbons (Fsp3) is 0.250. The van der Waals surface area contributed by atoms with Gasteiger partial charge in [-0.2, -0.15) is 0 Å². The number of hydrogen-bond donors (Lipinski definition) is 3. The SMILES string of the molecule is CCC[C@H](N)C(=O)Nc1cc2ccccc2cc1C(=O)O. The zero-order chi connectivity index (χ0) is 15.4. The number of carboxylic acid groups (broad SMARTS) is 1. The maximum Gasteiger partial charge on any atom is 0.337 e. The minimum atomic E-state index is -1.08. The highest BCUT2D eigenvalue weighted by atomic mass is 16.4. The zero-order valence-corrected chi connectivity index (χ0v) is 11.8. The maximum atomic E-state index is 12.0. The molecule has 1 atom stereocenters. The fourth-order valence-electron chi connectivity index (χ4n) is 2.19. The van der Waals surface area contributed by atoms with E-state index < -0.39 is 12.0 Å². The highest BCUT2D eigenvalue weighted by molar-refractivity contribution is 6.06. The summed E-state index contributed by atoms with van der Waals surface area (Å²) < 4.78 is 0. The number of aromatic carboxylic acids is 1. The van der Waals surface area contributed by atoms with Gasteiger partial charge in [0.1, 0.15) is 0 Å². The molecular formula is C16H18N2O3. The number of nitrogens with one attached hydrogen (secondary N) is 1. The molecule has 0 aliphatic carbocycles. The lowest BCUT2D eigenvalue weighted by Gasteiger charge is -2.14. The molecule has 2 aromatic carbocycles. The molecule has 5 heteroatoms. The van der Waals surface area contributed by atoms with Gasteiger partial charge in [-0.3, -0.25) is 4.79 Å². The molecule has 21 heavy (non-hydrogen) atoms. The zero-order valence-electron chi connectivity index (χ0n) is 11.8. The molecule has 5 nitrogen and oxygen atoms in total. The first-order valence-corrected chi connectivity index (χ1v) is 6.85. The van der Waals surface area contributed by atoms with Crippen LogP contribution >= 0.6 is 0 Å². The third-order valence-electron chi connectivity index (χ3n) is 3.31. The van der Waals surface area contributed by atoms with E-state index in [-0.39, 0.29) is 17.2 Å². The van der Waals surface area contributed by atoms with Crippen LogP contribution in [0, 0.1) is 0 Å². The van der Waals surface area contributed by atoms with Crippen molar-refractivity contribution in [2.24, 2.45) is 5.73 Å². The van der Waals surface area contributed by atoms with Gasteiger partial charge in [-0.25, -0.2) is 4.79 Å². The number of carboxylic acids is 1. The van der Waals surface area contributed by atoms with Gasteiger partial charge in [-0.15, -0.1) is 0 Å². The van der Waals surface area contributed by atoms with Gasteiger partial charge < -0.3 is 16.2 Å². The van der Waals surface area contributed by atoms with Crippen molar-refractivity contribution in [1.29, 1.82) is 0 Å². The molecule has 0 aliphatic rings. The Morgan fingerprint density at radius 1 is 1.24 bits per heavy atom. The number of hydrogen-bond acceptors (Lipinski definition) is 3. The summed E-state index contributed by atoms with van der Waals surface area (Å²) in [4.78, 5) is 23.3. The first kappa shape index (κ1) is 15.0. The summed E-state index contributed by atoms with van der Waals surface area (Å²) >= 11 is 0. The van der Waals surface area contributed by atoms with Gasteiger partial charge in [0.25, 0.3) is 0 Å². The van der Waals surface area contributed by atoms with Gasteiger partial charge in [0, 0.05) is 0 Å². The van der Waals surface area contributed by atoms with Gasteiger partial charge >= 0.3 is 5.97 Å². The van der Waals surface area contributed by atoms with E-state index >= 15 is 0 Å². The molecule has 0 bridgehead atoms. The number of benzene rings is 2. The normalized spacial score (nSPS) is 12.1. The molecule has 2 aromatic rings. The summed E-state index contributed by atoms with van der Waals surface area (Å²) in [6.07, 6.45) is 1.35. The number of rotatable bonds is 5. The molecule has 1 amide bonds. The number of fused-ring (bicyclic) bond motifs is 1.